The van der Waals surface area contributed by atoms with Crippen LogP contribution in [0.15, 0.2) is 36.3 Å². The van der Waals surface area contributed by atoms with Crippen LogP contribution in [0.4, 0.5) is 0 Å². The van der Waals surface area contributed by atoms with Crippen LogP contribution in [0.3, 0.4) is 0 Å². The van der Waals surface area contributed by atoms with Crippen LogP contribution in [0.25, 0.3) is 0 Å². The molecule has 0 bridgehead atoms. The summed E-state index contributed by atoms with van der Waals surface area (Å²) in [5, 5.41) is 2.60. The van der Waals surface area contributed by atoms with Crippen molar-refractivity contribution in [3.8, 4) is 0 Å². The second-order valence-corrected chi connectivity index (χ2v) is 3.55. The molecular weight excluding hydrogens is 234 g/mol. The van der Waals surface area contributed by atoms with Crippen molar-refractivity contribution in [2.75, 3.05) is 13.2 Å². The molecule has 1 heterocycles. The lowest BCUT2D eigenvalue weighted by Gasteiger charge is -2.05. The van der Waals surface area contributed by atoms with Crippen molar-refractivity contribution >= 4 is 11.9 Å². The zero-order valence-electron chi connectivity index (χ0n) is 10.1. The molecule has 0 aliphatic heterocycles. The van der Waals surface area contributed by atoms with E-state index in [1.54, 1.807) is 25.3 Å². The van der Waals surface area contributed by atoms with E-state index in [0.717, 1.165) is 0 Å². The van der Waals surface area contributed by atoms with Gasteiger partial charge in [-0.2, -0.15) is 0 Å². The summed E-state index contributed by atoms with van der Waals surface area (Å²) in [6.07, 6.45) is 4.23. The van der Waals surface area contributed by atoms with Crippen LogP contribution in [-0.2, 0) is 9.53 Å². The van der Waals surface area contributed by atoms with E-state index in [0.29, 0.717) is 11.3 Å². The standard InChI is InChI=1S/C12H15N3O3/c1-9(13)7-11(16)18-6-5-15-12(17)10-3-2-4-14-8-10/h2-4,7-8H,5-6,13H2,1H3,(H,15,17). The third kappa shape index (κ3) is 5.11. The van der Waals surface area contributed by atoms with Crippen molar-refractivity contribution in [3.63, 3.8) is 0 Å². The summed E-state index contributed by atoms with van der Waals surface area (Å²) in [4.78, 5) is 26.4. The van der Waals surface area contributed by atoms with Crippen LogP contribution in [0, 0.1) is 0 Å². The first kappa shape index (κ1) is 13.7. The van der Waals surface area contributed by atoms with Gasteiger partial charge in [-0.1, -0.05) is 0 Å². The molecule has 0 aromatic carbocycles. The fourth-order valence-electron chi connectivity index (χ4n) is 1.14. The molecule has 0 saturated carbocycles. The molecule has 0 saturated heterocycles. The molecule has 6 nitrogen and oxygen atoms in total. The van der Waals surface area contributed by atoms with Crippen molar-refractivity contribution in [2.24, 2.45) is 5.73 Å². The summed E-state index contributed by atoms with van der Waals surface area (Å²) >= 11 is 0. The van der Waals surface area contributed by atoms with E-state index in [1.165, 1.54) is 12.3 Å². The fraction of sp³-hybridized carbons (Fsp3) is 0.250. The minimum atomic E-state index is -0.523. The number of ether oxygens (including phenoxy) is 1. The van der Waals surface area contributed by atoms with Gasteiger partial charge in [0, 0.05) is 24.2 Å². The Morgan fingerprint density at radius 1 is 1.56 bits per heavy atom. The van der Waals surface area contributed by atoms with E-state index in [9.17, 15) is 9.59 Å². The molecule has 96 valence electrons. The Morgan fingerprint density at radius 3 is 2.94 bits per heavy atom. The third-order valence-corrected chi connectivity index (χ3v) is 1.90. The lowest BCUT2D eigenvalue weighted by atomic mass is 10.3. The maximum Gasteiger partial charge on any atom is 0.332 e. The number of pyridine rings is 1. The van der Waals surface area contributed by atoms with Crippen LogP contribution in [0.1, 0.15) is 17.3 Å². The lowest BCUT2D eigenvalue weighted by Crippen LogP contribution is -2.28. The highest BCUT2D eigenvalue weighted by atomic mass is 16.5. The molecular formula is C12H15N3O3. The number of amides is 1. The second-order valence-electron chi connectivity index (χ2n) is 3.55. The minimum Gasteiger partial charge on any atom is -0.461 e. The normalized spacial score (nSPS) is 10.8. The molecule has 0 radical (unpaired) electrons. The van der Waals surface area contributed by atoms with Crippen molar-refractivity contribution in [3.05, 3.63) is 41.9 Å². The van der Waals surface area contributed by atoms with Gasteiger partial charge >= 0.3 is 5.97 Å². The Kier molecular flexibility index (Phi) is 5.37. The SMILES string of the molecule is CC(N)=CC(=O)OCCNC(=O)c1cccnc1. The molecule has 1 aromatic rings. The van der Waals surface area contributed by atoms with E-state index in [-0.39, 0.29) is 19.1 Å². The number of esters is 1. The lowest BCUT2D eigenvalue weighted by molar-refractivity contribution is -0.137. The van der Waals surface area contributed by atoms with Gasteiger partial charge in [0.1, 0.15) is 6.61 Å². The molecule has 1 aromatic heterocycles. The number of carbonyl (C=O) groups excluding carboxylic acids is 2. The second kappa shape index (κ2) is 7.05. The van der Waals surface area contributed by atoms with E-state index < -0.39 is 5.97 Å². The van der Waals surface area contributed by atoms with E-state index >= 15 is 0 Å². The van der Waals surface area contributed by atoms with Gasteiger partial charge in [0.15, 0.2) is 0 Å². The van der Waals surface area contributed by atoms with Gasteiger partial charge in [0.25, 0.3) is 5.91 Å². The maximum atomic E-state index is 11.5. The third-order valence-electron chi connectivity index (χ3n) is 1.90. The van der Waals surface area contributed by atoms with Crippen LogP contribution in [0.2, 0.25) is 0 Å². The summed E-state index contributed by atoms with van der Waals surface area (Å²) in [7, 11) is 0. The number of nitrogens with one attached hydrogen (secondary N) is 1. The molecule has 0 unspecified atom stereocenters. The van der Waals surface area contributed by atoms with Gasteiger partial charge in [0.05, 0.1) is 12.1 Å². The first-order valence-electron chi connectivity index (χ1n) is 5.38. The van der Waals surface area contributed by atoms with Crippen molar-refractivity contribution in [2.45, 2.75) is 6.92 Å². The molecule has 6 heteroatoms. The first-order valence-corrected chi connectivity index (χ1v) is 5.38. The molecule has 3 N–H and O–H groups in total. The van der Waals surface area contributed by atoms with E-state index in [2.05, 4.69) is 10.3 Å². The largest absolute Gasteiger partial charge is 0.461 e. The molecule has 0 fully saturated rings. The van der Waals surface area contributed by atoms with Crippen molar-refractivity contribution in [1.29, 1.82) is 0 Å². The predicted molar refractivity (Wildman–Crippen MR) is 65.5 cm³/mol. The van der Waals surface area contributed by atoms with Gasteiger partial charge < -0.3 is 15.8 Å². The molecule has 0 aliphatic rings. The summed E-state index contributed by atoms with van der Waals surface area (Å²) in [5.41, 5.74) is 6.14. The highest BCUT2D eigenvalue weighted by Gasteiger charge is 2.04. The smallest absolute Gasteiger partial charge is 0.332 e. The molecule has 0 spiro atoms. The summed E-state index contributed by atoms with van der Waals surface area (Å²) < 4.78 is 4.81. The Hall–Kier alpha value is -2.37. The molecule has 0 aliphatic carbocycles. The quantitative estimate of drug-likeness (QED) is 0.442. The van der Waals surface area contributed by atoms with Gasteiger partial charge in [-0.05, 0) is 19.1 Å². The van der Waals surface area contributed by atoms with Gasteiger partial charge in [-0.3, -0.25) is 9.78 Å². The number of aromatic nitrogens is 1. The van der Waals surface area contributed by atoms with Gasteiger partial charge in [-0.25, -0.2) is 4.79 Å². The Labute approximate surface area is 105 Å². The molecule has 0 atom stereocenters. The Balaban J connectivity index is 2.25. The van der Waals surface area contributed by atoms with Crippen molar-refractivity contribution < 1.29 is 14.3 Å². The molecule has 1 amide bonds. The van der Waals surface area contributed by atoms with E-state index in [1.807, 2.05) is 0 Å². The number of hydrogen-bond donors (Lipinski definition) is 2. The molecule has 18 heavy (non-hydrogen) atoms. The zero-order valence-corrected chi connectivity index (χ0v) is 10.1. The number of carbonyl (C=O) groups is 2. The zero-order chi connectivity index (χ0) is 13.4. The minimum absolute atomic E-state index is 0.0919. The average Bonchev–Trinajstić information content (AvgIpc) is 2.34. The maximum absolute atomic E-state index is 11.5. The number of allylic oxidation sites excluding steroid dienone is 1. The molecule has 1 rings (SSSR count). The number of nitrogens with zero attached hydrogens (tertiary/aromatic N) is 1. The first-order chi connectivity index (χ1) is 8.59. The number of nitrogens with two attached hydrogens (primary N) is 1. The summed E-state index contributed by atoms with van der Waals surface area (Å²) in [5.74, 6) is -0.782. The van der Waals surface area contributed by atoms with Crippen LogP contribution in [0.5, 0.6) is 0 Å². The topological polar surface area (TPSA) is 94.3 Å². The highest BCUT2D eigenvalue weighted by Crippen LogP contribution is 1.94. The van der Waals surface area contributed by atoms with Gasteiger partial charge in [0.2, 0.25) is 0 Å². The van der Waals surface area contributed by atoms with Crippen LogP contribution in [-0.4, -0.2) is 30.0 Å². The number of hydrogen-bond acceptors (Lipinski definition) is 5. The highest BCUT2D eigenvalue weighted by molar-refractivity contribution is 5.93. The van der Waals surface area contributed by atoms with E-state index in [4.69, 9.17) is 10.5 Å². The van der Waals surface area contributed by atoms with Crippen molar-refractivity contribution in [1.82, 2.24) is 10.3 Å². The van der Waals surface area contributed by atoms with Crippen LogP contribution >= 0.6 is 0 Å². The predicted octanol–water partition coefficient (Wildman–Crippen LogP) is 0.217. The summed E-state index contributed by atoms with van der Waals surface area (Å²) in [6, 6.07) is 3.32. The van der Waals surface area contributed by atoms with Crippen LogP contribution < -0.4 is 11.1 Å². The monoisotopic (exact) mass is 249 g/mol. The fourth-order valence-corrected chi connectivity index (χ4v) is 1.14. The Morgan fingerprint density at radius 2 is 2.33 bits per heavy atom. The Bertz CT molecular complexity index is 439. The summed E-state index contributed by atoms with van der Waals surface area (Å²) in [6.45, 7) is 1.91. The van der Waals surface area contributed by atoms with Gasteiger partial charge in [-0.15, -0.1) is 0 Å². The number of rotatable bonds is 5. The average molecular weight is 249 g/mol.